The molecule has 2 heterocycles. The minimum absolute atomic E-state index is 0.00673. The first-order valence-corrected chi connectivity index (χ1v) is 12.5. The van der Waals surface area contributed by atoms with Gasteiger partial charge < -0.3 is 15.1 Å². The second-order valence-corrected chi connectivity index (χ2v) is 10.3. The fourth-order valence-electron chi connectivity index (χ4n) is 3.80. The van der Waals surface area contributed by atoms with Crippen molar-refractivity contribution in [3.63, 3.8) is 0 Å². The molecule has 180 valence electrons. The average Bonchev–Trinajstić information content (AvgIpc) is 3.34. The van der Waals surface area contributed by atoms with Crippen LogP contribution < -0.4 is 10.6 Å². The number of halogens is 1. The van der Waals surface area contributed by atoms with Gasteiger partial charge in [-0.1, -0.05) is 20.3 Å². The van der Waals surface area contributed by atoms with Gasteiger partial charge in [0.1, 0.15) is 17.6 Å². The predicted molar refractivity (Wildman–Crippen MR) is 120 cm³/mol. The lowest BCUT2D eigenvalue weighted by molar-refractivity contribution is -0.133. The van der Waals surface area contributed by atoms with Gasteiger partial charge in [0.05, 0.1) is 23.6 Å². The lowest BCUT2D eigenvalue weighted by atomic mass is 9.95. The van der Waals surface area contributed by atoms with Gasteiger partial charge in [-0.2, -0.15) is 4.31 Å². The summed E-state index contributed by atoms with van der Waals surface area (Å²) in [5.74, 6) is -1.29. The Labute approximate surface area is 193 Å². The van der Waals surface area contributed by atoms with E-state index in [0.29, 0.717) is 25.0 Å². The number of nitrogens with zero attached hydrogens (tertiary/aromatic N) is 1. The van der Waals surface area contributed by atoms with Crippen molar-refractivity contribution in [2.75, 3.05) is 13.1 Å². The summed E-state index contributed by atoms with van der Waals surface area (Å²) in [6.45, 7) is 4.31. The minimum atomic E-state index is -3.85. The molecule has 1 aromatic carbocycles. The van der Waals surface area contributed by atoms with E-state index in [1.54, 1.807) is 12.1 Å². The summed E-state index contributed by atoms with van der Waals surface area (Å²) in [6.07, 6.45) is 3.22. The largest absolute Gasteiger partial charge is 0.467 e. The first-order chi connectivity index (χ1) is 15.7. The van der Waals surface area contributed by atoms with Gasteiger partial charge in [-0.05, 0) is 55.2 Å². The van der Waals surface area contributed by atoms with Crippen molar-refractivity contribution in [3.8, 4) is 0 Å². The van der Waals surface area contributed by atoms with E-state index in [9.17, 15) is 22.4 Å². The number of hydrogen-bond acceptors (Lipinski definition) is 5. The van der Waals surface area contributed by atoms with E-state index in [0.717, 1.165) is 12.1 Å². The van der Waals surface area contributed by atoms with Crippen molar-refractivity contribution in [2.45, 2.75) is 50.6 Å². The van der Waals surface area contributed by atoms with Gasteiger partial charge >= 0.3 is 0 Å². The molecule has 8 nitrogen and oxygen atoms in total. The Morgan fingerprint density at radius 3 is 2.61 bits per heavy atom. The van der Waals surface area contributed by atoms with Crippen molar-refractivity contribution in [1.29, 1.82) is 0 Å². The lowest BCUT2D eigenvalue weighted by Crippen LogP contribution is -2.53. The van der Waals surface area contributed by atoms with Crippen molar-refractivity contribution < 1.29 is 26.8 Å². The lowest BCUT2D eigenvalue weighted by Gasteiger charge is -2.32. The Balaban J connectivity index is 1.66. The van der Waals surface area contributed by atoms with Crippen molar-refractivity contribution in [3.05, 3.63) is 54.2 Å². The molecule has 0 spiro atoms. The summed E-state index contributed by atoms with van der Waals surface area (Å²) in [6, 6.07) is 7.35. The monoisotopic (exact) mass is 479 g/mol. The molecule has 1 aliphatic rings. The third-order valence-corrected chi connectivity index (χ3v) is 7.90. The molecule has 0 radical (unpaired) electrons. The SMILES string of the molecule is CCC(C)C(NC(=O)C1CCCN(S(=O)(=O)c2ccc(F)cc2)C1)C(=O)NCc1ccco1. The number of sulfonamides is 1. The highest BCUT2D eigenvalue weighted by atomic mass is 32.2. The third-order valence-electron chi connectivity index (χ3n) is 6.02. The van der Waals surface area contributed by atoms with E-state index in [-0.39, 0.29) is 42.3 Å². The number of rotatable bonds is 9. The maximum Gasteiger partial charge on any atom is 0.243 e. The molecule has 0 bridgehead atoms. The number of furan rings is 1. The van der Waals surface area contributed by atoms with Crippen LogP contribution in [0, 0.1) is 17.7 Å². The molecule has 1 saturated heterocycles. The van der Waals surface area contributed by atoms with Crippen LogP contribution in [0.1, 0.15) is 38.9 Å². The minimum Gasteiger partial charge on any atom is -0.467 e. The molecular weight excluding hydrogens is 449 g/mol. The van der Waals surface area contributed by atoms with Crippen LogP contribution in [0.3, 0.4) is 0 Å². The van der Waals surface area contributed by atoms with E-state index in [1.165, 1.54) is 22.7 Å². The van der Waals surface area contributed by atoms with Gasteiger partial charge in [-0.15, -0.1) is 0 Å². The Morgan fingerprint density at radius 2 is 1.97 bits per heavy atom. The van der Waals surface area contributed by atoms with Crippen LogP contribution in [0.5, 0.6) is 0 Å². The van der Waals surface area contributed by atoms with Crippen LogP contribution in [-0.4, -0.2) is 43.7 Å². The van der Waals surface area contributed by atoms with Crippen LogP contribution in [-0.2, 0) is 26.2 Å². The molecular formula is C23H30FN3O5S. The Bertz CT molecular complexity index is 1040. The van der Waals surface area contributed by atoms with E-state index < -0.39 is 27.8 Å². The number of hydrogen-bond donors (Lipinski definition) is 2. The molecule has 3 rings (SSSR count). The summed E-state index contributed by atoms with van der Waals surface area (Å²) >= 11 is 0. The quantitative estimate of drug-likeness (QED) is 0.575. The normalized spacial score (nSPS) is 18.9. The molecule has 3 unspecified atom stereocenters. The van der Waals surface area contributed by atoms with Gasteiger partial charge in [0.2, 0.25) is 21.8 Å². The fourth-order valence-corrected chi connectivity index (χ4v) is 5.32. The summed E-state index contributed by atoms with van der Waals surface area (Å²) in [5.41, 5.74) is 0. The van der Waals surface area contributed by atoms with Crippen molar-refractivity contribution >= 4 is 21.8 Å². The Morgan fingerprint density at radius 1 is 1.24 bits per heavy atom. The highest BCUT2D eigenvalue weighted by Gasteiger charge is 2.35. The zero-order valence-electron chi connectivity index (χ0n) is 18.8. The fraction of sp³-hybridized carbons (Fsp3) is 0.478. The van der Waals surface area contributed by atoms with Crippen molar-refractivity contribution in [2.24, 2.45) is 11.8 Å². The Hall–Kier alpha value is -2.72. The molecule has 1 aliphatic heterocycles. The summed E-state index contributed by atoms with van der Waals surface area (Å²) in [4.78, 5) is 25.8. The number of benzene rings is 1. The summed E-state index contributed by atoms with van der Waals surface area (Å²) < 4.78 is 45.6. The smallest absolute Gasteiger partial charge is 0.243 e. The topological polar surface area (TPSA) is 109 Å². The molecule has 2 amide bonds. The summed E-state index contributed by atoms with van der Waals surface area (Å²) in [5, 5.41) is 5.62. The van der Waals surface area contributed by atoms with Gasteiger partial charge in [-0.3, -0.25) is 9.59 Å². The van der Waals surface area contributed by atoms with E-state index in [4.69, 9.17) is 4.42 Å². The highest BCUT2D eigenvalue weighted by molar-refractivity contribution is 7.89. The van der Waals surface area contributed by atoms with E-state index in [1.807, 2.05) is 13.8 Å². The van der Waals surface area contributed by atoms with Crippen LogP contribution in [0.4, 0.5) is 4.39 Å². The second-order valence-electron chi connectivity index (χ2n) is 8.33. The molecule has 0 aliphatic carbocycles. The van der Waals surface area contributed by atoms with Gasteiger partial charge in [0.15, 0.2) is 0 Å². The molecule has 10 heteroatoms. The number of piperidine rings is 1. The van der Waals surface area contributed by atoms with Gasteiger partial charge in [0, 0.05) is 13.1 Å². The molecule has 1 fully saturated rings. The molecule has 0 saturated carbocycles. The average molecular weight is 480 g/mol. The van der Waals surface area contributed by atoms with Gasteiger partial charge in [0.25, 0.3) is 0 Å². The zero-order valence-corrected chi connectivity index (χ0v) is 19.6. The van der Waals surface area contributed by atoms with E-state index in [2.05, 4.69) is 10.6 Å². The van der Waals surface area contributed by atoms with Crippen LogP contribution in [0.25, 0.3) is 0 Å². The molecule has 3 atom stereocenters. The number of amides is 2. The maximum atomic E-state index is 13.2. The first kappa shape index (κ1) is 24.9. The number of nitrogens with one attached hydrogen (secondary N) is 2. The van der Waals surface area contributed by atoms with Crippen LogP contribution >= 0.6 is 0 Å². The zero-order chi connectivity index (χ0) is 24.0. The van der Waals surface area contributed by atoms with Crippen LogP contribution in [0.15, 0.2) is 52.0 Å². The van der Waals surface area contributed by atoms with Crippen LogP contribution in [0.2, 0.25) is 0 Å². The highest BCUT2D eigenvalue weighted by Crippen LogP contribution is 2.24. The standard InChI is InChI=1S/C23H30FN3O5S/c1-3-16(2)21(23(29)25-14-19-7-5-13-32-19)26-22(28)17-6-4-12-27(15-17)33(30,31)20-10-8-18(24)9-11-20/h5,7-11,13,16-17,21H,3-4,6,12,14-15H2,1-2H3,(H,25,29)(H,26,28). The molecule has 1 aromatic heterocycles. The van der Waals surface area contributed by atoms with Gasteiger partial charge in [-0.25, -0.2) is 12.8 Å². The number of carbonyl (C=O) groups is 2. The molecule has 2 N–H and O–H groups in total. The predicted octanol–water partition coefficient (Wildman–Crippen LogP) is 2.67. The number of carbonyl (C=O) groups excluding carboxylic acids is 2. The molecule has 33 heavy (non-hydrogen) atoms. The maximum absolute atomic E-state index is 13.2. The first-order valence-electron chi connectivity index (χ1n) is 11.1. The Kier molecular flexibility index (Phi) is 8.25. The van der Waals surface area contributed by atoms with Crippen molar-refractivity contribution in [1.82, 2.24) is 14.9 Å². The molecule has 2 aromatic rings. The summed E-state index contributed by atoms with van der Waals surface area (Å²) in [7, 11) is -3.85. The second kappa shape index (κ2) is 10.9. The van der Waals surface area contributed by atoms with E-state index >= 15 is 0 Å². The third kappa shape index (κ3) is 6.20.